The lowest BCUT2D eigenvalue weighted by atomic mass is 10.0. The van der Waals surface area contributed by atoms with Gasteiger partial charge in [0.05, 0.1) is 31.2 Å². The van der Waals surface area contributed by atoms with Gasteiger partial charge in [0.2, 0.25) is 0 Å². The Morgan fingerprint density at radius 2 is 1.69 bits per heavy atom. The van der Waals surface area contributed by atoms with Crippen LogP contribution in [0.4, 0.5) is 0 Å². The van der Waals surface area contributed by atoms with Gasteiger partial charge in [-0.3, -0.25) is 4.90 Å². The van der Waals surface area contributed by atoms with Gasteiger partial charge in [-0.1, -0.05) is 53.0 Å². The Bertz CT molecular complexity index is 1260. The molecule has 5 nitrogen and oxygen atoms in total. The van der Waals surface area contributed by atoms with Crippen molar-refractivity contribution in [3.05, 3.63) is 51.0 Å². The van der Waals surface area contributed by atoms with Gasteiger partial charge in [0.15, 0.2) is 0 Å². The van der Waals surface area contributed by atoms with Gasteiger partial charge < -0.3 is 4.90 Å². The van der Waals surface area contributed by atoms with E-state index in [9.17, 15) is 8.42 Å². The maximum atomic E-state index is 13.4. The molecule has 2 aliphatic heterocycles. The van der Waals surface area contributed by atoms with Gasteiger partial charge in [-0.05, 0) is 19.2 Å². The largest absolute Gasteiger partial charge is 0.304 e. The van der Waals surface area contributed by atoms with Crippen LogP contribution in [0.3, 0.4) is 0 Å². The summed E-state index contributed by atoms with van der Waals surface area (Å²) >= 11 is 19.2. The van der Waals surface area contributed by atoms with Crippen molar-refractivity contribution in [3.8, 4) is 11.3 Å². The molecule has 0 N–H and O–H groups in total. The highest BCUT2D eigenvalue weighted by Crippen LogP contribution is 2.49. The standard InChI is InChI=1S/C20H18Cl3N3O2S/c1-24-6-8-25(9-7-24)11-13-17-15(10-14(21)18(22)19(17)23)26-20(13)12-4-2-3-5-16(12)29(26,27)28/h2-5,10H,6-9,11H2,1H3. The van der Waals surface area contributed by atoms with Crippen molar-refractivity contribution in [1.29, 1.82) is 0 Å². The van der Waals surface area contributed by atoms with Gasteiger partial charge in [-0.2, -0.15) is 0 Å². The maximum Gasteiger partial charge on any atom is 0.269 e. The van der Waals surface area contributed by atoms with Crippen molar-refractivity contribution >= 4 is 55.7 Å². The average Bonchev–Trinajstić information content (AvgIpc) is 3.14. The molecule has 2 aromatic carbocycles. The van der Waals surface area contributed by atoms with Gasteiger partial charge in [0.25, 0.3) is 10.0 Å². The summed E-state index contributed by atoms with van der Waals surface area (Å²) in [7, 11) is -1.64. The van der Waals surface area contributed by atoms with Crippen molar-refractivity contribution in [2.45, 2.75) is 11.4 Å². The number of rotatable bonds is 2. The molecule has 1 aromatic heterocycles. The summed E-state index contributed by atoms with van der Waals surface area (Å²) in [6.07, 6.45) is 0. The van der Waals surface area contributed by atoms with E-state index in [-0.39, 0.29) is 10.0 Å². The molecule has 0 saturated carbocycles. The van der Waals surface area contributed by atoms with E-state index in [0.717, 1.165) is 31.7 Å². The Kier molecular flexibility index (Phi) is 4.66. The first-order chi connectivity index (χ1) is 13.8. The molecule has 0 spiro atoms. The summed E-state index contributed by atoms with van der Waals surface area (Å²) in [6, 6.07) is 8.67. The monoisotopic (exact) mass is 469 g/mol. The SMILES string of the molecule is CN1CCN(Cc2c3n(c4cc(Cl)c(Cl)c(Cl)c24)S(=O)(=O)c2ccccc2-3)CC1. The molecule has 1 saturated heterocycles. The highest BCUT2D eigenvalue weighted by Gasteiger charge is 2.38. The fraction of sp³-hybridized carbons (Fsp3) is 0.300. The predicted octanol–water partition coefficient (Wildman–Crippen LogP) is 4.57. The molecule has 29 heavy (non-hydrogen) atoms. The second kappa shape index (κ2) is 6.87. The molecule has 0 atom stereocenters. The zero-order valence-electron chi connectivity index (χ0n) is 15.6. The molecular weight excluding hydrogens is 453 g/mol. The van der Waals surface area contributed by atoms with Crippen LogP contribution in [-0.2, 0) is 16.6 Å². The van der Waals surface area contributed by atoms with Gasteiger partial charge in [0, 0.05) is 49.2 Å². The summed E-state index contributed by atoms with van der Waals surface area (Å²) < 4.78 is 28.1. The number of piperazine rings is 1. The summed E-state index contributed by atoms with van der Waals surface area (Å²) in [5.74, 6) is 0. The summed E-state index contributed by atoms with van der Waals surface area (Å²) in [4.78, 5) is 4.91. The summed E-state index contributed by atoms with van der Waals surface area (Å²) in [6.45, 7) is 4.31. The van der Waals surface area contributed by atoms with Crippen molar-refractivity contribution < 1.29 is 8.42 Å². The van der Waals surface area contributed by atoms with Crippen molar-refractivity contribution in [1.82, 2.24) is 13.8 Å². The van der Waals surface area contributed by atoms with E-state index in [2.05, 4.69) is 16.8 Å². The van der Waals surface area contributed by atoms with Crippen LogP contribution in [0.15, 0.2) is 35.2 Å². The van der Waals surface area contributed by atoms with Crippen molar-refractivity contribution in [2.24, 2.45) is 0 Å². The smallest absolute Gasteiger partial charge is 0.269 e. The Labute approximate surface area is 184 Å². The van der Waals surface area contributed by atoms with Crippen LogP contribution in [-0.4, -0.2) is 55.4 Å². The lowest BCUT2D eigenvalue weighted by Gasteiger charge is -2.32. The van der Waals surface area contributed by atoms with Crippen LogP contribution in [0.25, 0.3) is 22.2 Å². The Hall–Kier alpha value is -1.28. The number of aromatic nitrogens is 1. The topological polar surface area (TPSA) is 45.5 Å². The molecule has 5 rings (SSSR count). The molecule has 9 heteroatoms. The number of fused-ring (bicyclic) bond motifs is 5. The number of hydrogen-bond donors (Lipinski definition) is 0. The Balaban J connectivity index is 1.82. The molecule has 3 heterocycles. The normalized spacial score (nSPS) is 18.9. The first-order valence-corrected chi connectivity index (χ1v) is 11.8. The van der Waals surface area contributed by atoms with Crippen LogP contribution < -0.4 is 0 Å². The molecule has 0 bridgehead atoms. The van der Waals surface area contributed by atoms with E-state index >= 15 is 0 Å². The molecule has 0 radical (unpaired) electrons. The van der Waals surface area contributed by atoms with Crippen LogP contribution >= 0.6 is 34.8 Å². The van der Waals surface area contributed by atoms with E-state index < -0.39 is 10.0 Å². The second-order valence-corrected chi connectivity index (χ2v) is 10.5. The Morgan fingerprint density at radius 1 is 1.00 bits per heavy atom. The maximum absolute atomic E-state index is 13.4. The highest BCUT2D eigenvalue weighted by atomic mass is 35.5. The van der Waals surface area contributed by atoms with Crippen molar-refractivity contribution in [3.63, 3.8) is 0 Å². The molecule has 1 fully saturated rings. The number of halogens is 3. The molecule has 0 amide bonds. The average molecular weight is 471 g/mol. The number of likely N-dealkylation sites (N-methyl/N-ethyl adjacent to an activating group) is 1. The van der Waals surface area contributed by atoms with E-state index in [1.54, 1.807) is 18.2 Å². The van der Waals surface area contributed by atoms with Gasteiger partial charge in [0.1, 0.15) is 0 Å². The van der Waals surface area contributed by atoms with Gasteiger partial charge >= 0.3 is 0 Å². The summed E-state index contributed by atoms with van der Waals surface area (Å²) in [5.41, 5.74) is 2.70. The minimum Gasteiger partial charge on any atom is -0.304 e. The lowest BCUT2D eigenvalue weighted by molar-refractivity contribution is 0.148. The minimum atomic E-state index is -3.74. The first-order valence-electron chi connectivity index (χ1n) is 9.27. The lowest BCUT2D eigenvalue weighted by Crippen LogP contribution is -2.43. The zero-order valence-corrected chi connectivity index (χ0v) is 18.7. The predicted molar refractivity (Wildman–Crippen MR) is 118 cm³/mol. The number of nitrogens with zero attached hydrogens (tertiary/aromatic N) is 3. The van der Waals surface area contributed by atoms with E-state index in [4.69, 9.17) is 34.8 Å². The fourth-order valence-corrected chi connectivity index (χ4v) is 6.73. The quantitative estimate of drug-likeness (QED) is 0.403. The minimum absolute atomic E-state index is 0.238. The third-order valence-electron chi connectivity index (χ3n) is 5.79. The fourth-order valence-electron chi connectivity index (χ4n) is 4.28. The van der Waals surface area contributed by atoms with Crippen molar-refractivity contribution in [2.75, 3.05) is 33.2 Å². The zero-order chi connectivity index (χ0) is 20.5. The molecule has 152 valence electrons. The van der Waals surface area contributed by atoms with E-state index in [1.807, 2.05) is 12.1 Å². The van der Waals surface area contributed by atoms with Crippen LogP contribution in [0.5, 0.6) is 0 Å². The van der Waals surface area contributed by atoms with Crippen LogP contribution in [0.2, 0.25) is 15.1 Å². The van der Waals surface area contributed by atoms with Crippen LogP contribution in [0.1, 0.15) is 5.56 Å². The second-order valence-electron chi connectivity index (χ2n) is 7.55. The van der Waals surface area contributed by atoms with Gasteiger partial charge in [-0.15, -0.1) is 0 Å². The number of hydrogen-bond acceptors (Lipinski definition) is 4. The molecule has 2 aliphatic rings. The molecular formula is C20H18Cl3N3O2S. The van der Waals surface area contributed by atoms with E-state index in [0.29, 0.717) is 38.6 Å². The van der Waals surface area contributed by atoms with Crippen LogP contribution in [0, 0.1) is 0 Å². The molecule has 0 unspecified atom stereocenters. The summed E-state index contributed by atoms with van der Waals surface area (Å²) in [5, 5.41) is 1.44. The number of benzene rings is 2. The molecule has 3 aromatic rings. The van der Waals surface area contributed by atoms with Gasteiger partial charge in [-0.25, -0.2) is 12.4 Å². The first kappa shape index (κ1) is 19.7. The van der Waals surface area contributed by atoms with E-state index in [1.165, 1.54) is 3.97 Å². The highest BCUT2D eigenvalue weighted by molar-refractivity contribution is 7.90. The third-order valence-corrected chi connectivity index (χ3v) is 8.82. The molecule has 0 aliphatic carbocycles. The Morgan fingerprint density at radius 3 is 2.41 bits per heavy atom. The third kappa shape index (κ3) is 2.85.